The Kier molecular flexibility index (Phi) is 7.97. The van der Waals surface area contributed by atoms with Gasteiger partial charge in [0.2, 0.25) is 17.8 Å². The van der Waals surface area contributed by atoms with Crippen molar-refractivity contribution in [3.8, 4) is 16.9 Å². The van der Waals surface area contributed by atoms with E-state index in [0.717, 1.165) is 17.2 Å². The van der Waals surface area contributed by atoms with Gasteiger partial charge in [0.25, 0.3) is 0 Å². The average Bonchev–Trinajstić information content (AvgIpc) is 3.38. The van der Waals surface area contributed by atoms with E-state index in [4.69, 9.17) is 10.5 Å². The number of rotatable bonds is 9. The molecular weight excluding hydrogens is 568 g/mol. The molecule has 1 atom stereocenters. The molecule has 0 saturated carbocycles. The second-order valence-electron chi connectivity index (χ2n) is 9.60. The number of hydrogen-bond donors (Lipinski definition) is 3. The molecule has 13 heteroatoms. The van der Waals surface area contributed by atoms with E-state index in [9.17, 15) is 27.2 Å². The van der Waals surface area contributed by atoms with Crippen LogP contribution in [-0.4, -0.2) is 39.2 Å². The number of halogens is 4. The van der Waals surface area contributed by atoms with Crippen LogP contribution in [0.25, 0.3) is 16.8 Å². The van der Waals surface area contributed by atoms with Gasteiger partial charge >= 0.3 is 6.18 Å². The molecule has 9 nitrogen and oxygen atoms in total. The predicted octanol–water partition coefficient (Wildman–Crippen LogP) is 6.06. The van der Waals surface area contributed by atoms with Crippen LogP contribution in [0, 0.1) is 5.82 Å². The molecule has 3 aromatic carbocycles. The van der Waals surface area contributed by atoms with Crippen LogP contribution >= 0.6 is 0 Å². The van der Waals surface area contributed by atoms with E-state index in [-0.39, 0.29) is 34.7 Å². The molecule has 2 aromatic heterocycles. The number of hydrogen-bond acceptors (Lipinski definition) is 6. The van der Waals surface area contributed by atoms with Crippen molar-refractivity contribution in [1.82, 2.24) is 14.6 Å². The summed E-state index contributed by atoms with van der Waals surface area (Å²) in [4.78, 5) is 28.5. The number of aromatic nitrogens is 3. The zero-order valence-corrected chi connectivity index (χ0v) is 22.5. The Morgan fingerprint density at radius 2 is 1.67 bits per heavy atom. The van der Waals surface area contributed by atoms with Gasteiger partial charge in [-0.2, -0.15) is 18.2 Å². The third kappa shape index (κ3) is 7.07. The number of ether oxygens (including phenoxy) is 1. The molecule has 0 aliphatic heterocycles. The number of pyridine rings is 1. The number of anilines is 3. The second-order valence-corrected chi connectivity index (χ2v) is 9.60. The lowest BCUT2D eigenvalue weighted by molar-refractivity contribution is -0.153. The van der Waals surface area contributed by atoms with Crippen molar-refractivity contribution < 1.29 is 31.9 Å². The number of nitrogens with one attached hydrogen (secondary N) is 2. The minimum atomic E-state index is -4.59. The van der Waals surface area contributed by atoms with Crippen LogP contribution in [0.4, 0.5) is 34.9 Å². The molecule has 0 saturated heterocycles. The molecule has 5 rings (SSSR count). The smallest absolute Gasteiger partial charge is 0.422 e. The van der Waals surface area contributed by atoms with E-state index in [0.29, 0.717) is 16.9 Å². The lowest BCUT2D eigenvalue weighted by atomic mass is 10.00. The summed E-state index contributed by atoms with van der Waals surface area (Å²) < 4.78 is 57.9. The van der Waals surface area contributed by atoms with Gasteiger partial charge in [-0.25, -0.2) is 8.91 Å². The van der Waals surface area contributed by atoms with E-state index >= 15 is 0 Å². The lowest BCUT2D eigenvalue weighted by Crippen LogP contribution is -2.20. The Hall–Kier alpha value is -5.46. The molecular formula is C30H24F4N6O3. The highest BCUT2D eigenvalue weighted by Gasteiger charge is 2.29. The van der Waals surface area contributed by atoms with E-state index in [1.165, 1.54) is 28.8 Å². The monoisotopic (exact) mass is 592 g/mol. The number of nitrogens with zero attached hydrogens (tertiary/aromatic N) is 3. The van der Waals surface area contributed by atoms with Crippen molar-refractivity contribution in [3.63, 3.8) is 0 Å². The van der Waals surface area contributed by atoms with E-state index < -0.39 is 24.6 Å². The third-order valence-corrected chi connectivity index (χ3v) is 6.48. The maximum Gasteiger partial charge on any atom is 0.422 e. The maximum atomic E-state index is 13.2. The Labute approximate surface area is 242 Å². The summed E-state index contributed by atoms with van der Waals surface area (Å²) >= 11 is 0. The molecule has 43 heavy (non-hydrogen) atoms. The van der Waals surface area contributed by atoms with Crippen LogP contribution in [0.3, 0.4) is 0 Å². The quantitative estimate of drug-likeness (QED) is 0.179. The van der Waals surface area contributed by atoms with Crippen molar-refractivity contribution in [2.24, 2.45) is 5.73 Å². The molecule has 0 aliphatic carbocycles. The Morgan fingerprint density at radius 1 is 0.977 bits per heavy atom. The molecule has 1 unspecified atom stereocenters. The first-order valence-electron chi connectivity index (χ1n) is 12.9. The van der Waals surface area contributed by atoms with Crippen LogP contribution in [0.15, 0.2) is 85.1 Å². The first-order valence-corrected chi connectivity index (χ1v) is 12.9. The van der Waals surface area contributed by atoms with Crippen LogP contribution in [0.1, 0.15) is 28.8 Å². The summed E-state index contributed by atoms with van der Waals surface area (Å²) in [5.41, 5.74) is 8.67. The van der Waals surface area contributed by atoms with Crippen LogP contribution in [0.2, 0.25) is 0 Å². The van der Waals surface area contributed by atoms with Crippen molar-refractivity contribution in [3.05, 3.63) is 102 Å². The minimum absolute atomic E-state index is 0.0247. The lowest BCUT2D eigenvalue weighted by Gasteiger charge is -2.14. The molecule has 5 aromatic rings. The predicted molar refractivity (Wildman–Crippen MR) is 152 cm³/mol. The fraction of sp³-hybridized carbons (Fsp3) is 0.133. The van der Waals surface area contributed by atoms with Gasteiger partial charge in [-0.15, -0.1) is 5.10 Å². The molecule has 2 heterocycles. The standard InChI is InChI=1S/C30H24F4N6O3/c1-17(18-2-8-22(31)9-3-18)28(42)36-23-10-4-19(5-11-23)21-7-13-26-38-29(39-40(26)15-21)37-24-12-6-20(27(35)41)14-25(24)43-16-30(32,33)34/h2-15,17H,16H2,1H3,(H2,35,41)(H,36,42)(H,37,39). The summed E-state index contributed by atoms with van der Waals surface area (Å²) in [7, 11) is 0. The summed E-state index contributed by atoms with van der Waals surface area (Å²) in [5, 5.41) is 10.0. The second kappa shape index (κ2) is 11.8. The number of carbonyl (C=O) groups is 2. The molecule has 0 radical (unpaired) electrons. The highest BCUT2D eigenvalue weighted by Crippen LogP contribution is 2.30. The van der Waals surface area contributed by atoms with Gasteiger partial charge in [-0.05, 0) is 72.6 Å². The molecule has 2 amide bonds. The van der Waals surface area contributed by atoms with Crippen molar-refractivity contribution in [2.75, 3.05) is 17.2 Å². The number of nitrogens with two attached hydrogens (primary N) is 1. The number of fused-ring (bicyclic) bond motifs is 1. The topological polar surface area (TPSA) is 124 Å². The molecule has 0 fully saturated rings. The van der Waals surface area contributed by atoms with Crippen LogP contribution < -0.4 is 21.1 Å². The Morgan fingerprint density at radius 3 is 2.35 bits per heavy atom. The molecule has 0 bridgehead atoms. The average molecular weight is 593 g/mol. The molecule has 4 N–H and O–H groups in total. The number of carbonyl (C=O) groups excluding carboxylic acids is 2. The van der Waals surface area contributed by atoms with Gasteiger partial charge in [0, 0.05) is 23.0 Å². The van der Waals surface area contributed by atoms with Gasteiger partial charge in [-0.3, -0.25) is 9.59 Å². The molecule has 220 valence electrons. The Bertz CT molecular complexity index is 1790. The van der Waals surface area contributed by atoms with Gasteiger partial charge in [0.15, 0.2) is 12.3 Å². The largest absolute Gasteiger partial charge is 0.482 e. The van der Waals surface area contributed by atoms with E-state index in [1.54, 1.807) is 43.5 Å². The summed E-state index contributed by atoms with van der Waals surface area (Å²) in [6, 6.07) is 20.2. The van der Waals surface area contributed by atoms with Gasteiger partial charge < -0.3 is 21.1 Å². The number of benzene rings is 3. The normalized spacial score (nSPS) is 12.1. The number of amides is 2. The van der Waals surface area contributed by atoms with Gasteiger partial charge in [-0.1, -0.05) is 24.3 Å². The third-order valence-electron chi connectivity index (χ3n) is 6.48. The van der Waals surface area contributed by atoms with E-state index in [1.807, 2.05) is 18.2 Å². The van der Waals surface area contributed by atoms with Crippen LogP contribution in [0.5, 0.6) is 5.75 Å². The maximum absolute atomic E-state index is 13.2. The first-order chi connectivity index (χ1) is 20.4. The van der Waals surface area contributed by atoms with Crippen molar-refractivity contribution in [2.45, 2.75) is 19.0 Å². The molecule has 0 spiro atoms. The zero-order chi connectivity index (χ0) is 30.7. The Balaban J connectivity index is 1.30. The van der Waals surface area contributed by atoms with Gasteiger partial charge in [0.1, 0.15) is 11.6 Å². The first kappa shape index (κ1) is 29.0. The highest BCUT2D eigenvalue weighted by molar-refractivity contribution is 5.96. The van der Waals surface area contributed by atoms with Crippen LogP contribution in [-0.2, 0) is 4.79 Å². The SMILES string of the molecule is CC(C(=O)Nc1ccc(-c2ccc3nc(Nc4ccc(C(N)=O)cc4OCC(F)(F)F)nn3c2)cc1)c1ccc(F)cc1. The van der Waals surface area contributed by atoms with Gasteiger partial charge in [0.05, 0.1) is 11.6 Å². The molecule has 0 aliphatic rings. The zero-order valence-electron chi connectivity index (χ0n) is 22.5. The summed E-state index contributed by atoms with van der Waals surface area (Å²) in [6.07, 6.45) is -2.88. The summed E-state index contributed by atoms with van der Waals surface area (Å²) in [5.74, 6) is -2.08. The van der Waals surface area contributed by atoms with Crippen molar-refractivity contribution >= 4 is 34.8 Å². The highest BCUT2D eigenvalue weighted by atomic mass is 19.4. The number of alkyl halides is 3. The fourth-order valence-corrected chi connectivity index (χ4v) is 4.18. The van der Waals surface area contributed by atoms with Crippen molar-refractivity contribution in [1.29, 1.82) is 0 Å². The minimum Gasteiger partial charge on any atom is -0.482 e. The van der Waals surface area contributed by atoms with E-state index in [2.05, 4.69) is 20.7 Å². The fourth-order valence-electron chi connectivity index (χ4n) is 4.18. The summed E-state index contributed by atoms with van der Waals surface area (Å²) in [6.45, 7) is 0.168. The number of primary amides is 1.